The van der Waals surface area contributed by atoms with Gasteiger partial charge < -0.3 is 15.2 Å². The lowest BCUT2D eigenvalue weighted by molar-refractivity contribution is -0.140. The predicted octanol–water partition coefficient (Wildman–Crippen LogP) is 2.52. The molecule has 1 aromatic heterocycles. The number of imidazole rings is 1. The Kier molecular flexibility index (Phi) is 4.72. The number of rotatable bonds is 3. The van der Waals surface area contributed by atoms with Crippen LogP contribution in [0.25, 0.3) is 11.0 Å². The highest BCUT2D eigenvalue weighted by atomic mass is 16.2. The number of aromatic amines is 1. The number of H-pyrrole nitrogens is 1. The van der Waals surface area contributed by atoms with E-state index in [-0.39, 0.29) is 24.3 Å². The highest BCUT2D eigenvalue weighted by molar-refractivity contribution is 6.09. The van der Waals surface area contributed by atoms with Gasteiger partial charge in [-0.2, -0.15) is 0 Å². The smallest absolute Gasteiger partial charge is 0.325 e. The van der Waals surface area contributed by atoms with Crippen LogP contribution in [0.3, 0.4) is 0 Å². The number of likely N-dealkylation sites (tertiary alicyclic amines) is 1. The fourth-order valence-corrected chi connectivity index (χ4v) is 5.14. The van der Waals surface area contributed by atoms with E-state index in [1.54, 1.807) is 4.90 Å². The summed E-state index contributed by atoms with van der Waals surface area (Å²) in [6.45, 7) is 1.01. The van der Waals surface area contributed by atoms with E-state index in [0.717, 1.165) is 53.9 Å². The monoisotopic (exact) mass is 409 g/mol. The van der Waals surface area contributed by atoms with Crippen LogP contribution in [0.15, 0.2) is 24.3 Å². The minimum Gasteiger partial charge on any atom is -0.342 e. The Labute approximate surface area is 175 Å². The summed E-state index contributed by atoms with van der Waals surface area (Å²) < 4.78 is 0. The van der Waals surface area contributed by atoms with Crippen molar-refractivity contribution in [1.82, 2.24) is 25.1 Å². The van der Waals surface area contributed by atoms with Crippen LogP contribution in [0.4, 0.5) is 4.79 Å². The second-order valence-electron chi connectivity index (χ2n) is 8.78. The van der Waals surface area contributed by atoms with Crippen molar-refractivity contribution in [3.8, 4) is 0 Å². The molecule has 1 aromatic carbocycles. The Bertz CT molecular complexity index is 961. The molecule has 0 radical (unpaired) electrons. The van der Waals surface area contributed by atoms with Crippen molar-refractivity contribution in [3.05, 3.63) is 30.1 Å². The molecule has 158 valence electrons. The van der Waals surface area contributed by atoms with E-state index in [1.165, 1.54) is 0 Å². The van der Waals surface area contributed by atoms with Crippen LogP contribution >= 0.6 is 0 Å². The Morgan fingerprint density at radius 2 is 1.93 bits per heavy atom. The van der Waals surface area contributed by atoms with Crippen LogP contribution in [0, 0.1) is 0 Å². The van der Waals surface area contributed by atoms with E-state index >= 15 is 0 Å². The third kappa shape index (κ3) is 3.24. The molecule has 1 saturated carbocycles. The van der Waals surface area contributed by atoms with Gasteiger partial charge >= 0.3 is 6.03 Å². The summed E-state index contributed by atoms with van der Waals surface area (Å²) in [6, 6.07) is 7.47. The van der Waals surface area contributed by atoms with Gasteiger partial charge in [-0.15, -0.1) is 0 Å². The lowest BCUT2D eigenvalue weighted by Crippen LogP contribution is -2.49. The summed E-state index contributed by atoms with van der Waals surface area (Å²) in [5.74, 6) is 0.617. The molecule has 2 aliphatic heterocycles. The largest absolute Gasteiger partial charge is 0.342 e. The van der Waals surface area contributed by atoms with Crippen molar-refractivity contribution >= 4 is 28.9 Å². The molecule has 1 unspecified atom stereocenters. The van der Waals surface area contributed by atoms with Gasteiger partial charge in [0.2, 0.25) is 5.91 Å². The van der Waals surface area contributed by atoms with Crippen molar-refractivity contribution in [2.75, 3.05) is 19.6 Å². The summed E-state index contributed by atoms with van der Waals surface area (Å²) in [5.41, 5.74) is 1.13. The molecule has 2 saturated heterocycles. The highest BCUT2D eigenvalue weighted by Crippen LogP contribution is 2.34. The van der Waals surface area contributed by atoms with E-state index in [4.69, 9.17) is 4.98 Å². The highest BCUT2D eigenvalue weighted by Gasteiger charge is 2.51. The van der Waals surface area contributed by atoms with Crippen molar-refractivity contribution in [3.63, 3.8) is 0 Å². The molecular formula is C22H27N5O3. The maximum Gasteiger partial charge on any atom is 0.325 e. The Balaban J connectivity index is 1.27. The van der Waals surface area contributed by atoms with Crippen LogP contribution in [-0.2, 0) is 9.59 Å². The topological polar surface area (TPSA) is 98.4 Å². The second-order valence-corrected chi connectivity index (χ2v) is 8.78. The zero-order valence-corrected chi connectivity index (χ0v) is 17.0. The fraction of sp³-hybridized carbons (Fsp3) is 0.545. The molecule has 1 atom stereocenters. The van der Waals surface area contributed by atoms with Crippen molar-refractivity contribution in [1.29, 1.82) is 0 Å². The van der Waals surface area contributed by atoms with Gasteiger partial charge in [0, 0.05) is 19.0 Å². The number of hydrogen-bond acceptors (Lipinski definition) is 4. The summed E-state index contributed by atoms with van der Waals surface area (Å²) in [7, 11) is 0. The first-order chi connectivity index (χ1) is 14.6. The summed E-state index contributed by atoms with van der Waals surface area (Å²) in [4.78, 5) is 49.4. The molecule has 30 heavy (non-hydrogen) atoms. The Morgan fingerprint density at radius 1 is 1.13 bits per heavy atom. The van der Waals surface area contributed by atoms with E-state index in [2.05, 4.69) is 10.3 Å². The normalized spacial score (nSPS) is 23.9. The molecule has 3 fully saturated rings. The Morgan fingerprint density at radius 3 is 2.73 bits per heavy atom. The molecule has 5 rings (SSSR count). The van der Waals surface area contributed by atoms with E-state index in [1.807, 2.05) is 24.3 Å². The van der Waals surface area contributed by atoms with Gasteiger partial charge in [0.05, 0.1) is 11.0 Å². The molecule has 8 heteroatoms. The lowest BCUT2D eigenvalue weighted by Gasteiger charge is -2.33. The number of urea groups is 1. The first-order valence-electron chi connectivity index (χ1n) is 10.9. The average Bonchev–Trinajstić information content (AvgIpc) is 3.30. The molecule has 1 aliphatic carbocycles. The van der Waals surface area contributed by atoms with Gasteiger partial charge in [-0.1, -0.05) is 31.4 Å². The quantitative estimate of drug-likeness (QED) is 0.761. The number of carbonyl (C=O) groups excluding carboxylic acids is 3. The SMILES string of the molecule is O=C(CN1C(=O)NC2(CCCCC2)C1=O)N1CCCC(c2nc3ccccc3[nH]2)C1. The molecule has 4 amide bonds. The predicted molar refractivity (Wildman–Crippen MR) is 111 cm³/mol. The number of benzene rings is 1. The number of aromatic nitrogens is 2. The third-order valence-corrected chi connectivity index (χ3v) is 6.81. The second kappa shape index (κ2) is 7.41. The molecular weight excluding hydrogens is 382 g/mol. The van der Waals surface area contributed by atoms with Gasteiger partial charge in [-0.3, -0.25) is 14.5 Å². The number of para-hydroxylation sites is 2. The van der Waals surface area contributed by atoms with Gasteiger partial charge in [0.25, 0.3) is 5.91 Å². The van der Waals surface area contributed by atoms with Gasteiger partial charge in [0.1, 0.15) is 17.9 Å². The third-order valence-electron chi connectivity index (χ3n) is 6.81. The number of nitrogens with zero attached hydrogens (tertiary/aromatic N) is 3. The van der Waals surface area contributed by atoms with Gasteiger partial charge in [0.15, 0.2) is 0 Å². The Hall–Kier alpha value is -2.90. The number of piperidine rings is 1. The molecule has 2 aromatic rings. The van der Waals surface area contributed by atoms with Gasteiger partial charge in [-0.05, 0) is 37.8 Å². The van der Waals surface area contributed by atoms with Crippen LogP contribution in [0.5, 0.6) is 0 Å². The van der Waals surface area contributed by atoms with Crippen molar-refractivity contribution in [2.45, 2.75) is 56.4 Å². The zero-order chi connectivity index (χ0) is 20.7. The number of carbonyl (C=O) groups is 3. The summed E-state index contributed by atoms with van der Waals surface area (Å²) in [6.07, 6.45) is 6.10. The summed E-state index contributed by atoms with van der Waals surface area (Å²) in [5, 5.41) is 2.88. The van der Waals surface area contributed by atoms with E-state index < -0.39 is 11.6 Å². The molecule has 3 aliphatic rings. The number of fused-ring (bicyclic) bond motifs is 1. The minimum atomic E-state index is -0.783. The zero-order valence-electron chi connectivity index (χ0n) is 17.0. The number of imide groups is 1. The van der Waals surface area contributed by atoms with Crippen LogP contribution in [0.1, 0.15) is 56.7 Å². The van der Waals surface area contributed by atoms with Gasteiger partial charge in [-0.25, -0.2) is 9.78 Å². The van der Waals surface area contributed by atoms with E-state index in [9.17, 15) is 14.4 Å². The first kappa shape index (κ1) is 19.1. The molecule has 3 heterocycles. The molecule has 8 nitrogen and oxygen atoms in total. The minimum absolute atomic E-state index is 0.128. The summed E-state index contributed by atoms with van der Waals surface area (Å²) >= 11 is 0. The average molecular weight is 409 g/mol. The fourth-order valence-electron chi connectivity index (χ4n) is 5.14. The van der Waals surface area contributed by atoms with Crippen molar-refractivity contribution in [2.24, 2.45) is 0 Å². The molecule has 2 N–H and O–H groups in total. The van der Waals surface area contributed by atoms with Crippen molar-refractivity contribution < 1.29 is 14.4 Å². The number of amides is 4. The maximum absolute atomic E-state index is 13.0. The van der Waals surface area contributed by atoms with Crippen LogP contribution in [-0.4, -0.2) is 62.8 Å². The number of nitrogens with one attached hydrogen (secondary N) is 2. The number of hydrogen-bond donors (Lipinski definition) is 2. The molecule has 1 spiro atoms. The van der Waals surface area contributed by atoms with E-state index in [0.29, 0.717) is 25.9 Å². The van der Waals surface area contributed by atoms with Crippen LogP contribution in [0.2, 0.25) is 0 Å². The standard InChI is InChI=1S/C22H27N5O3/c28-18(14-27-20(29)22(25-21(27)30)10-4-1-5-11-22)26-12-6-7-15(13-26)19-23-16-8-2-3-9-17(16)24-19/h2-3,8-9,15H,1,4-7,10-14H2,(H,23,24)(H,25,30). The lowest BCUT2D eigenvalue weighted by atomic mass is 9.82. The van der Waals surface area contributed by atoms with Crippen LogP contribution < -0.4 is 5.32 Å². The first-order valence-corrected chi connectivity index (χ1v) is 10.9. The molecule has 0 bridgehead atoms. The maximum atomic E-state index is 13.0.